The van der Waals surface area contributed by atoms with E-state index in [4.69, 9.17) is 0 Å². The highest BCUT2D eigenvalue weighted by molar-refractivity contribution is 5.52. The fourth-order valence-corrected chi connectivity index (χ4v) is 1.86. The van der Waals surface area contributed by atoms with Gasteiger partial charge in [0.15, 0.2) is 0 Å². The molecule has 0 aliphatic carbocycles. The van der Waals surface area contributed by atoms with Crippen molar-refractivity contribution in [1.82, 2.24) is 10.2 Å². The van der Waals surface area contributed by atoms with Crippen LogP contribution >= 0.6 is 0 Å². The molecule has 0 amide bonds. The summed E-state index contributed by atoms with van der Waals surface area (Å²) in [6.45, 7) is 1.07. The minimum absolute atomic E-state index is 0.117. The first-order valence-corrected chi connectivity index (χ1v) is 4.90. The first-order valence-electron chi connectivity index (χ1n) is 4.90. The highest BCUT2D eigenvalue weighted by Crippen LogP contribution is 2.34. The van der Waals surface area contributed by atoms with Crippen molar-refractivity contribution >= 4 is 5.69 Å². The van der Waals surface area contributed by atoms with Gasteiger partial charge in [-0.2, -0.15) is 18.3 Å². The van der Waals surface area contributed by atoms with E-state index in [1.165, 1.54) is 0 Å². The topological polar surface area (TPSA) is 49.0 Å². The first kappa shape index (κ1) is 11.0. The summed E-state index contributed by atoms with van der Waals surface area (Å²) in [5, 5.41) is 5.24. The molecule has 1 fully saturated rings. The smallest absolute Gasteiger partial charge is 0.370 e. The Hall–Kier alpha value is -1.53. The molecule has 1 aliphatic rings. The summed E-state index contributed by atoms with van der Waals surface area (Å²) < 4.78 is 38.1. The van der Waals surface area contributed by atoms with E-state index in [9.17, 15) is 18.0 Å². The number of nitrogens with zero attached hydrogens (tertiary/aromatic N) is 2. The van der Waals surface area contributed by atoms with Crippen LogP contribution in [0.5, 0.6) is 0 Å². The standard InChI is InChI=1S/C9H10F3N3O/c10-9(11,12)7-6(5-13-14-8(7)16)15-3-1-2-4-15/h5H,1-4H2,(H,14,16). The van der Waals surface area contributed by atoms with Crippen LogP contribution in [-0.2, 0) is 6.18 Å². The van der Waals surface area contributed by atoms with E-state index in [2.05, 4.69) is 5.10 Å². The molecule has 0 saturated carbocycles. The van der Waals surface area contributed by atoms with Crippen molar-refractivity contribution in [3.8, 4) is 0 Å². The van der Waals surface area contributed by atoms with Crippen LogP contribution in [0.1, 0.15) is 18.4 Å². The van der Waals surface area contributed by atoms with E-state index in [0.29, 0.717) is 13.1 Å². The summed E-state index contributed by atoms with van der Waals surface area (Å²) in [6.07, 6.45) is -1.90. The molecule has 0 unspecified atom stereocenters. The Morgan fingerprint density at radius 2 is 1.94 bits per heavy atom. The predicted molar refractivity (Wildman–Crippen MR) is 51.3 cm³/mol. The van der Waals surface area contributed by atoms with Gasteiger partial charge in [-0.05, 0) is 12.8 Å². The Labute approximate surface area is 89.1 Å². The molecule has 1 aliphatic heterocycles. The Morgan fingerprint density at radius 1 is 1.31 bits per heavy atom. The van der Waals surface area contributed by atoms with Crippen molar-refractivity contribution < 1.29 is 13.2 Å². The zero-order valence-electron chi connectivity index (χ0n) is 8.34. The maximum absolute atomic E-state index is 12.7. The van der Waals surface area contributed by atoms with Crippen LogP contribution in [0.3, 0.4) is 0 Å². The van der Waals surface area contributed by atoms with Gasteiger partial charge in [0.1, 0.15) is 5.56 Å². The van der Waals surface area contributed by atoms with Gasteiger partial charge in [0.25, 0.3) is 5.56 Å². The van der Waals surface area contributed by atoms with Crippen molar-refractivity contribution in [2.24, 2.45) is 0 Å². The molecular weight excluding hydrogens is 223 g/mol. The van der Waals surface area contributed by atoms with Gasteiger partial charge >= 0.3 is 6.18 Å². The second kappa shape index (κ2) is 3.80. The molecule has 2 rings (SSSR count). The van der Waals surface area contributed by atoms with Gasteiger partial charge in [-0.15, -0.1) is 0 Å². The lowest BCUT2D eigenvalue weighted by atomic mass is 10.2. The van der Waals surface area contributed by atoms with Gasteiger partial charge in [-0.1, -0.05) is 0 Å². The summed E-state index contributed by atoms with van der Waals surface area (Å²) >= 11 is 0. The first-order chi connectivity index (χ1) is 7.50. The maximum Gasteiger partial charge on any atom is 0.423 e. The molecule has 2 heterocycles. The molecule has 16 heavy (non-hydrogen) atoms. The monoisotopic (exact) mass is 233 g/mol. The molecule has 0 atom stereocenters. The molecule has 1 N–H and O–H groups in total. The molecular formula is C9H10F3N3O. The molecule has 1 aromatic rings. The fraction of sp³-hybridized carbons (Fsp3) is 0.556. The van der Waals surface area contributed by atoms with Gasteiger partial charge in [0.2, 0.25) is 0 Å². The van der Waals surface area contributed by atoms with Crippen molar-refractivity contribution in [1.29, 1.82) is 0 Å². The van der Waals surface area contributed by atoms with Crippen molar-refractivity contribution in [2.45, 2.75) is 19.0 Å². The quantitative estimate of drug-likeness (QED) is 0.797. The number of hydrogen-bond donors (Lipinski definition) is 1. The number of nitrogens with one attached hydrogen (secondary N) is 1. The Morgan fingerprint density at radius 3 is 2.50 bits per heavy atom. The number of rotatable bonds is 1. The Kier molecular flexibility index (Phi) is 2.61. The van der Waals surface area contributed by atoms with Crippen molar-refractivity contribution in [3.63, 3.8) is 0 Å². The zero-order valence-corrected chi connectivity index (χ0v) is 8.34. The number of anilines is 1. The third-order valence-electron chi connectivity index (χ3n) is 2.57. The van der Waals surface area contributed by atoms with Crippen LogP contribution in [0.25, 0.3) is 0 Å². The second-order valence-electron chi connectivity index (χ2n) is 3.65. The lowest BCUT2D eigenvalue weighted by Crippen LogP contribution is -2.29. The van der Waals surface area contributed by atoms with Crippen LogP contribution < -0.4 is 10.5 Å². The van der Waals surface area contributed by atoms with Gasteiger partial charge in [-0.3, -0.25) is 4.79 Å². The van der Waals surface area contributed by atoms with E-state index >= 15 is 0 Å². The predicted octanol–water partition coefficient (Wildman–Crippen LogP) is 1.39. The summed E-state index contributed by atoms with van der Waals surface area (Å²) in [5.41, 5.74) is -2.45. The van der Waals surface area contributed by atoms with Gasteiger partial charge in [0, 0.05) is 13.1 Å². The molecule has 0 spiro atoms. The number of aromatic nitrogens is 2. The third kappa shape index (κ3) is 1.89. The number of alkyl halides is 3. The SMILES string of the molecule is O=c1[nH]ncc(N2CCCC2)c1C(F)(F)F. The molecule has 0 bridgehead atoms. The van der Waals surface area contributed by atoms with Crippen LogP contribution in [0.4, 0.5) is 18.9 Å². The Bertz CT molecular complexity index is 434. The van der Waals surface area contributed by atoms with Gasteiger partial charge in [0.05, 0.1) is 11.9 Å². The minimum atomic E-state index is -4.64. The second-order valence-corrected chi connectivity index (χ2v) is 3.65. The van der Waals surface area contributed by atoms with E-state index in [1.54, 1.807) is 4.90 Å². The maximum atomic E-state index is 12.7. The largest absolute Gasteiger partial charge is 0.423 e. The van der Waals surface area contributed by atoms with Gasteiger partial charge < -0.3 is 4.90 Å². The number of aromatic amines is 1. The van der Waals surface area contributed by atoms with Crippen molar-refractivity contribution in [2.75, 3.05) is 18.0 Å². The highest BCUT2D eigenvalue weighted by atomic mass is 19.4. The molecule has 88 valence electrons. The number of hydrogen-bond acceptors (Lipinski definition) is 3. The summed E-state index contributed by atoms with van der Waals surface area (Å²) in [4.78, 5) is 12.7. The summed E-state index contributed by atoms with van der Waals surface area (Å²) in [5.74, 6) is 0. The molecule has 7 heteroatoms. The van der Waals surface area contributed by atoms with E-state index < -0.39 is 17.3 Å². The molecule has 0 radical (unpaired) electrons. The fourth-order valence-electron chi connectivity index (χ4n) is 1.86. The number of H-pyrrole nitrogens is 1. The average Bonchev–Trinajstić information content (AvgIpc) is 2.67. The molecule has 1 aromatic heterocycles. The van der Waals surface area contributed by atoms with Crippen molar-refractivity contribution in [3.05, 3.63) is 22.1 Å². The van der Waals surface area contributed by atoms with E-state index in [-0.39, 0.29) is 5.69 Å². The normalized spacial score (nSPS) is 16.8. The molecule has 0 aromatic carbocycles. The van der Waals surface area contributed by atoms with Gasteiger partial charge in [-0.25, -0.2) is 5.10 Å². The van der Waals surface area contributed by atoms with Crippen LogP contribution in [0.15, 0.2) is 11.0 Å². The summed E-state index contributed by atoms with van der Waals surface area (Å²) in [6, 6.07) is 0. The van der Waals surface area contributed by atoms with E-state index in [1.807, 2.05) is 5.10 Å². The highest BCUT2D eigenvalue weighted by Gasteiger charge is 2.38. The number of halogens is 3. The summed E-state index contributed by atoms with van der Waals surface area (Å²) in [7, 11) is 0. The van der Waals surface area contributed by atoms with Crippen LogP contribution in [0.2, 0.25) is 0 Å². The third-order valence-corrected chi connectivity index (χ3v) is 2.57. The minimum Gasteiger partial charge on any atom is -0.370 e. The lowest BCUT2D eigenvalue weighted by molar-refractivity contribution is -0.138. The van der Waals surface area contributed by atoms with E-state index in [0.717, 1.165) is 19.0 Å². The lowest BCUT2D eigenvalue weighted by Gasteiger charge is -2.20. The molecule has 1 saturated heterocycles. The van der Waals surface area contributed by atoms with Crippen LogP contribution in [-0.4, -0.2) is 23.3 Å². The van der Waals surface area contributed by atoms with Crippen LogP contribution in [0, 0.1) is 0 Å². The zero-order chi connectivity index (χ0) is 11.8. The molecule has 4 nitrogen and oxygen atoms in total. The average molecular weight is 233 g/mol. The Balaban J connectivity index is 2.52.